The van der Waals surface area contributed by atoms with Crippen molar-refractivity contribution < 1.29 is 36.6 Å². The number of likely N-dealkylation sites (N-methyl/N-ethyl adjacent to an activating group) is 1. The van der Waals surface area contributed by atoms with E-state index < -0.39 is 45.2 Å². The number of hydrogen-bond acceptors (Lipinski definition) is 5. The van der Waals surface area contributed by atoms with Crippen LogP contribution < -0.4 is 5.32 Å². The van der Waals surface area contributed by atoms with Crippen LogP contribution in [-0.4, -0.2) is 60.7 Å². The molecule has 2 aromatic rings. The normalized spacial score (nSPS) is 15.6. The quantitative estimate of drug-likeness (QED) is 0.367. The minimum absolute atomic E-state index is 0.106. The Morgan fingerprint density at radius 1 is 1.13 bits per heavy atom. The molecule has 1 unspecified atom stereocenters. The predicted molar refractivity (Wildman–Crippen MR) is 137 cm³/mol. The summed E-state index contributed by atoms with van der Waals surface area (Å²) in [5.41, 5.74) is 0.899. The summed E-state index contributed by atoms with van der Waals surface area (Å²) in [5.74, 6) is -0.801. The van der Waals surface area contributed by atoms with Crippen LogP contribution in [0.1, 0.15) is 48.9 Å². The van der Waals surface area contributed by atoms with Crippen molar-refractivity contribution in [2.24, 2.45) is 5.92 Å². The molecule has 38 heavy (non-hydrogen) atoms. The number of aliphatic hydroxyl groups is 1. The Bertz CT molecular complexity index is 1220. The third-order valence-electron chi connectivity index (χ3n) is 6.92. The van der Waals surface area contributed by atoms with E-state index >= 15 is 0 Å². The molecule has 0 radical (unpaired) electrons. The first-order valence-electron chi connectivity index (χ1n) is 12.5. The lowest BCUT2D eigenvalue weighted by atomic mass is 9.88. The third-order valence-corrected chi connectivity index (χ3v) is 8.74. The zero-order chi connectivity index (χ0) is 28.3. The van der Waals surface area contributed by atoms with Crippen LogP contribution in [0.15, 0.2) is 47.4 Å². The SMILES string of the molecule is CN(CC(O)CNC(C)(C)CC1Cc2ccccc2C1)S(=O)(=O)c1ccc(CCC(=O)O)c(C(F)(F)F)c1. The molecular weight excluding hydrogens is 521 g/mol. The average molecular weight is 557 g/mol. The number of nitrogens with zero attached hydrogens (tertiary/aromatic N) is 1. The van der Waals surface area contributed by atoms with E-state index in [9.17, 15) is 31.5 Å². The summed E-state index contributed by atoms with van der Waals surface area (Å²) in [6.45, 7) is 3.83. The zero-order valence-corrected chi connectivity index (χ0v) is 22.6. The average Bonchev–Trinajstić information content (AvgIpc) is 3.22. The molecule has 1 atom stereocenters. The number of benzene rings is 2. The number of β-amino-alcohol motifs (C(OH)–C–C–N with tert-alkyl or cyclic N) is 1. The number of aliphatic carboxylic acids is 1. The van der Waals surface area contributed by atoms with Crippen molar-refractivity contribution >= 4 is 16.0 Å². The van der Waals surface area contributed by atoms with Crippen LogP contribution in [-0.2, 0) is 40.3 Å². The van der Waals surface area contributed by atoms with Gasteiger partial charge in [0.2, 0.25) is 10.0 Å². The number of sulfonamides is 1. The van der Waals surface area contributed by atoms with Gasteiger partial charge in [-0.05, 0) is 74.3 Å². The van der Waals surface area contributed by atoms with E-state index in [2.05, 4.69) is 17.4 Å². The van der Waals surface area contributed by atoms with E-state index in [1.54, 1.807) is 0 Å². The van der Waals surface area contributed by atoms with Crippen molar-refractivity contribution in [3.8, 4) is 0 Å². The van der Waals surface area contributed by atoms with Crippen LogP contribution in [0.3, 0.4) is 0 Å². The second-order valence-electron chi connectivity index (χ2n) is 10.7. The van der Waals surface area contributed by atoms with Crippen molar-refractivity contribution in [3.63, 3.8) is 0 Å². The molecular formula is C27H35F3N2O5S. The Labute approximate surface area is 221 Å². The van der Waals surface area contributed by atoms with Crippen molar-refractivity contribution in [2.45, 2.75) is 68.7 Å². The summed E-state index contributed by atoms with van der Waals surface area (Å²) in [6.07, 6.45) is -4.01. The Morgan fingerprint density at radius 2 is 1.74 bits per heavy atom. The molecule has 0 bridgehead atoms. The van der Waals surface area contributed by atoms with E-state index in [-0.39, 0.29) is 30.6 Å². The van der Waals surface area contributed by atoms with Gasteiger partial charge >= 0.3 is 12.1 Å². The lowest BCUT2D eigenvalue weighted by molar-refractivity contribution is -0.140. The van der Waals surface area contributed by atoms with Crippen molar-refractivity contribution in [2.75, 3.05) is 20.1 Å². The number of hydrogen-bond donors (Lipinski definition) is 3. The molecule has 1 aliphatic rings. The van der Waals surface area contributed by atoms with Crippen LogP contribution in [0.2, 0.25) is 0 Å². The van der Waals surface area contributed by atoms with Gasteiger partial charge in [0.05, 0.1) is 16.6 Å². The van der Waals surface area contributed by atoms with Crippen LogP contribution in [0.4, 0.5) is 13.2 Å². The summed E-state index contributed by atoms with van der Waals surface area (Å²) in [4.78, 5) is 10.2. The number of nitrogens with one attached hydrogen (secondary N) is 1. The molecule has 0 amide bonds. The molecule has 3 rings (SSSR count). The smallest absolute Gasteiger partial charge is 0.416 e. The maximum absolute atomic E-state index is 13.6. The van der Waals surface area contributed by atoms with E-state index in [1.165, 1.54) is 18.2 Å². The van der Waals surface area contributed by atoms with Crippen molar-refractivity contribution in [3.05, 3.63) is 64.7 Å². The highest BCUT2D eigenvalue weighted by atomic mass is 32.2. The third kappa shape index (κ3) is 7.78. The van der Waals surface area contributed by atoms with Crippen molar-refractivity contribution in [1.29, 1.82) is 0 Å². The number of fused-ring (bicyclic) bond motifs is 1. The molecule has 0 saturated heterocycles. The maximum atomic E-state index is 13.6. The Morgan fingerprint density at radius 3 is 2.29 bits per heavy atom. The highest BCUT2D eigenvalue weighted by Gasteiger charge is 2.36. The number of aliphatic hydroxyl groups excluding tert-OH is 1. The minimum atomic E-state index is -4.85. The number of carboxylic acids is 1. The van der Waals surface area contributed by atoms with E-state index in [4.69, 9.17) is 5.11 Å². The number of carbonyl (C=O) groups is 1. The zero-order valence-electron chi connectivity index (χ0n) is 21.8. The number of alkyl halides is 3. The number of carboxylic acid groups (broad SMARTS) is 1. The molecule has 0 aromatic heterocycles. The minimum Gasteiger partial charge on any atom is -0.481 e. The molecule has 0 aliphatic heterocycles. The standard InChI is InChI=1S/C27H35F3N2O5S/c1-26(2,15-18-12-20-6-4-5-7-21(20)13-18)31-16-22(33)17-32(3)38(36,37)23-10-8-19(9-11-25(34)35)24(14-23)27(28,29)30/h4-8,10,14,18,22,31,33H,9,11-13,15-17H2,1-3H3,(H,34,35). The largest absolute Gasteiger partial charge is 0.481 e. The molecule has 0 fully saturated rings. The molecule has 11 heteroatoms. The first-order valence-corrected chi connectivity index (χ1v) is 13.9. The monoisotopic (exact) mass is 556 g/mol. The lowest BCUT2D eigenvalue weighted by Crippen LogP contribution is -2.47. The number of aryl methyl sites for hydroxylation is 1. The van der Waals surface area contributed by atoms with Gasteiger partial charge in [-0.3, -0.25) is 4.79 Å². The van der Waals surface area contributed by atoms with Gasteiger partial charge in [-0.1, -0.05) is 30.3 Å². The second-order valence-corrected chi connectivity index (χ2v) is 12.7. The molecule has 0 saturated carbocycles. The highest BCUT2D eigenvalue weighted by molar-refractivity contribution is 7.89. The van der Waals surface area contributed by atoms with Crippen LogP contribution in [0.25, 0.3) is 0 Å². The molecule has 1 aliphatic carbocycles. The van der Waals surface area contributed by atoms with E-state index in [0.717, 1.165) is 35.7 Å². The highest BCUT2D eigenvalue weighted by Crippen LogP contribution is 2.35. The molecule has 7 nitrogen and oxygen atoms in total. The summed E-state index contributed by atoms with van der Waals surface area (Å²) in [6, 6.07) is 10.9. The maximum Gasteiger partial charge on any atom is 0.416 e. The molecule has 2 aromatic carbocycles. The van der Waals surface area contributed by atoms with Crippen LogP contribution >= 0.6 is 0 Å². The summed E-state index contributed by atoms with van der Waals surface area (Å²) in [5, 5.41) is 22.6. The molecule has 0 spiro atoms. The lowest BCUT2D eigenvalue weighted by Gasteiger charge is -2.31. The van der Waals surface area contributed by atoms with Gasteiger partial charge in [-0.2, -0.15) is 17.5 Å². The van der Waals surface area contributed by atoms with E-state index in [1.807, 2.05) is 26.0 Å². The Balaban J connectivity index is 1.60. The van der Waals surface area contributed by atoms with Gasteiger partial charge < -0.3 is 15.5 Å². The van der Waals surface area contributed by atoms with Gasteiger partial charge in [0, 0.05) is 32.1 Å². The van der Waals surface area contributed by atoms with Crippen LogP contribution in [0, 0.1) is 5.92 Å². The number of halogens is 3. The summed E-state index contributed by atoms with van der Waals surface area (Å²) in [7, 11) is -3.14. The number of rotatable bonds is 12. The predicted octanol–water partition coefficient (Wildman–Crippen LogP) is 3.88. The van der Waals surface area contributed by atoms with Gasteiger partial charge in [-0.25, -0.2) is 8.42 Å². The topological polar surface area (TPSA) is 107 Å². The molecule has 3 N–H and O–H groups in total. The van der Waals surface area contributed by atoms with Gasteiger partial charge in [0.15, 0.2) is 0 Å². The first kappa shape index (κ1) is 30.1. The Hall–Kier alpha value is -2.47. The summed E-state index contributed by atoms with van der Waals surface area (Å²) >= 11 is 0. The fourth-order valence-electron chi connectivity index (χ4n) is 5.06. The van der Waals surface area contributed by atoms with Gasteiger partial charge in [0.1, 0.15) is 0 Å². The molecule has 210 valence electrons. The van der Waals surface area contributed by atoms with Gasteiger partial charge in [0.25, 0.3) is 0 Å². The fraction of sp³-hybridized carbons (Fsp3) is 0.519. The van der Waals surface area contributed by atoms with Crippen molar-refractivity contribution in [1.82, 2.24) is 9.62 Å². The first-order chi connectivity index (χ1) is 17.6. The van der Waals surface area contributed by atoms with Gasteiger partial charge in [-0.15, -0.1) is 0 Å². The van der Waals surface area contributed by atoms with E-state index in [0.29, 0.717) is 12.0 Å². The fourth-order valence-corrected chi connectivity index (χ4v) is 6.30. The second kappa shape index (κ2) is 11.7. The molecule has 0 heterocycles. The summed E-state index contributed by atoms with van der Waals surface area (Å²) < 4.78 is 67.6. The Kier molecular flexibility index (Phi) is 9.28. The van der Waals surface area contributed by atoms with Crippen LogP contribution in [0.5, 0.6) is 0 Å².